The molecular formula is C18H22ClNO2. The minimum absolute atomic E-state index is 0.00622. The number of carbonyl (C=O) groups is 1. The second-order valence-electron chi connectivity index (χ2n) is 6.44. The third kappa shape index (κ3) is 2.63. The molecule has 1 aliphatic rings. The number of carbonyl (C=O) groups excluding carboxylic acids is 1. The van der Waals surface area contributed by atoms with Gasteiger partial charge in [-0.05, 0) is 51.8 Å². The van der Waals surface area contributed by atoms with Gasteiger partial charge in [-0.3, -0.25) is 4.79 Å². The average molecular weight is 320 g/mol. The lowest BCUT2D eigenvalue weighted by Gasteiger charge is -2.32. The zero-order valence-electron chi connectivity index (χ0n) is 13.4. The van der Waals surface area contributed by atoms with Gasteiger partial charge in [0.1, 0.15) is 5.58 Å². The van der Waals surface area contributed by atoms with E-state index in [1.54, 1.807) is 6.07 Å². The van der Waals surface area contributed by atoms with Crippen LogP contribution in [0.4, 0.5) is 0 Å². The van der Waals surface area contributed by atoms with Crippen LogP contribution in [-0.4, -0.2) is 22.9 Å². The number of hydrogen-bond donors (Lipinski definition) is 0. The highest BCUT2D eigenvalue weighted by Gasteiger charge is 2.32. The lowest BCUT2D eigenvalue weighted by atomic mass is 10.1. The van der Waals surface area contributed by atoms with E-state index in [4.69, 9.17) is 16.0 Å². The first-order valence-electron chi connectivity index (χ1n) is 8.00. The van der Waals surface area contributed by atoms with E-state index >= 15 is 0 Å². The summed E-state index contributed by atoms with van der Waals surface area (Å²) in [5, 5.41) is 1.58. The topological polar surface area (TPSA) is 33.5 Å². The van der Waals surface area contributed by atoms with Crippen LogP contribution in [-0.2, 0) is 0 Å². The highest BCUT2D eigenvalue weighted by atomic mass is 35.5. The van der Waals surface area contributed by atoms with Crippen LogP contribution < -0.4 is 0 Å². The number of amides is 1. The molecule has 1 aromatic carbocycles. The Morgan fingerprint density at radius 1 is 1.32 bits per heavy atom. The summed E-state index contributed by atoms with van der Waals surface area (Å²) >= 11 is 6.06. The Bertz CT molecular complexity index is 698. The van der Waals surface area contributed by atoms with Crippen molar-refractivity contribution in [3.05, 3.63) is 34.5 Å². The number of benzene rings is 1. The summed E-state index contributed by atoms with van der Waals surface area (Å²) in [6, 6.07) is 5.99. The summed E-state index contributed by atoms with van der Waals surface area (Å²) in [6.07, 6.45) is 4.59. The quantitative estimate of drug-likeness (QED) is 0.780. The molecule has 0 aliphatic heterocycles. The number of aryl methyl sites for hydroxylation is 1. The van der Waals surface area contributed by atoms with Crippen molar-refractivity contribution in [2.45, 2.75) is 58.5 Å². The van der Waals surface area contributed by atoms with Gasteiger partial charge in [0.25, 0.3) is 5.91 Å². The molecule has 0 spiro atoms. The van der Waals surface area contributed by atoms with Gasteiger partial charge in [0.05, 0.1) is 0 Å². The molecule has 1 aromatic heterocycles. The number of fused-ring (bicyclic) bond motifs is 1. The fourth-order valence-electron chi connectivity index (χ4n) is 3.52. The van der Waals surface area contributed by atoms with Gasteiger partial charge in [-0.1, -0.05) is 24.4 Å². The van der Waals surface area contributed by atoms with E-state index in [2.05, 4.69) is 13.8 Å². The van der Waals surface area contributed by atoms with Gasteiger partial charge in [-0.25, -0.2) is 0 Å². The second kappa shape index (κ2) is 5.96. The molecule has 118 valence electrons. The minimum Gasteiger partial charge on any atom is -0.451 e. The van der Waals surface area contributed by atoms with Crippen LogP contribution in [0.25, 0.3) is 11.0 Å². The van der Waals surface area contributed by atoms with E-state index in [9.17, 15) is 4.79 Å². The summed E-state index contributed by atoms with van der Waals surface area (Å²) in [4.78, 5) is 15.0. The first-order valence-corrected chi connectivity index (χ1v) is 8.38. The van der Waals surface area contributed by atoms with Gasteiger partial charge in [-0.2, -0.15) is 0 Å². The lowest BCUT2D eigenvalue weighted by Crippen LogP contribution is -2.43. The van der Waals surface area contributed by atoms with Crippen LogP contribution in [0.3, 0.4) is 0 Å². The maximum absolute atomic E-state index is 13.0. The second-order valence-corrected chi connectivity index (χ2v) is 6.88. The molecule has 3 rings (SSSR count). The predicted octanol–water partition coefficient (Wildman–Crippen LogP) is 5.19. The van der Waals surface area contributed by atoms with Crippen molar-refractivity contribution in [1.29, 1.82) is 0 Å². The van der Waals surface area contributed by atoms with Crippen molar-refractivity contribution in [3.63, 3.8) is 0 Å². The Labute approximate surface area is 136 Å². The smallest absolute Gasteiger partial charge is 0.290 e. The average Bonchev–Trinajstić information content (AvgIpc) is 3.08. The number of furan rings is 1. The molecule has 4 heteroatoms. The molecule has 0 bridgehead atoms. The fourth-order valence-corrected chi connectivity index (χ4v) is 3.69. The summed E-state index contributed by atoms with van der Waals surface area (Å²) in [5.41, 5.74) is 1.60. The van der Waals surface area contributed by atoms with Crippen molar-refractivity contribution >= 4 is 28.5 Å². The van der Waals surface area contributed by atoms with E-state index < -0.39 is 0 Å². The van der Waals surface area contributed by atoms with Gasteiger partial charge in [-0.15, -0.1) is 0 Å². The van der Waals surface area contributed by atoms with Crippen molar-refractivity contribution in [3.8, 4) is 0 Å². The van der Waals surface area contributed by atoms with Crippen molar-refractivity contribution < 1.29 is 9.21 Å². The normalized spacial score (nSPS) is 15.9. The minimum atomic E-state index is 0.00622. The third-order valence-electron chi connectivity index (χ3n) is 4.60. The Morgan fingerprint density at radius 3 is 2.64 bits per heavy atom. The van der Waals surface area contributed by atoms with Crippen molar-refractivity contribution in [2.75, 3.05) is 0 Å². The van der Waals surface area contributed by atoms with Gasteiger partial charge >= 0.3 is 0 Å². The van der Waals surface area contributed by atoms with Gasteiger partial charge in [0.15, 0.2) is 5.76 Å². The number of halogens is 1. The molecule has 22 heavy (non-hydrogen) atoms. The monoisotopic (exact) mass is 319 g/mol. The standard InChI is InChI=1S/C18H22ClNO2/c1-11(2)20(14-6-4-5-7-14)18(21)17-12(3)15-10-13(19)8-9-16(15)22-17/h8-11,14H,4-7H2,1-3H3. The van der Waals surface area contributed by atoms with E-state index in [0.29, 0.717) is 16.8 Å². The SMILES string of the molecule is Cc1c(C(=O)N(C(C)C)C2CCCC2)oc2ccc(Cl)cc12. The first kappa shape index (κ1) is 15.4. The summed E-state index contributed by atoms with van der Waals surface area (Å²) in [6.45, 7) is 6.08. The van der Waals surface area contributed by atoms with Crippen LogP contribution in [0.1, 0.15) is 55.6 Å². The maximum atomic E-state index is 13.0. The van der Waals surface area contributed by atoms with Gasteiger partial charge < -0.3 is 9.32 Å². The van der Waals surface area contributed by atoms with Crippen LogP contribution in [0.5, 0.6) is 0 Å². The van der Waals surface area contributed by atoms with Gasteiger partial charge in [0, 0.05) is 28.1 Å². The molecule has 0 radical (unpaired) electrons. The Hall–Kier alpha value is -1.48. The summed E-state index contributed by atoms with van der Waals surface area (Å²) in [5.74, 6) is 0.463. The van der Waals surface area contributed by atoms with Crippen LogP contribution in [0.2, 0.25) is 5.02 Å². The Balaban J connectivity index is 2.01. The Morgan fingerprint density at radius 2 is 2.00 bits per heavy atom. The maximum Gasteiger partial charge on any atom is 0.290 e. The lowest BCUT2D eigenvalue weighted by molar-refractivity contribution is 0.0581. The zero-order chi connectivity index (χ0) is 15.9. The molecule has 1 amide bonds. The van der Waals surface area contributed by atoms with E-state index in [0.717, 1.165) is 29.4 Å². The Kier molecular flexibility index (Phi) is 4.18. The number of nitrogens with zero attached hydrogens (tertiary/aromatic N) is 1. The van der Waals surface area contributed by atoms with E-state index in [1.165, 1.54) is 12.8 Å². The predicted molar refractivity (Wildman–Crippen MR) is 89.5 cm³/mol. The zero-order valence-corrected chi connectivity index (χ0v) is 14.1. The molecule has 1 saturated carbocycles. The molecule has 0 N–H and O–H groups in total. The molecule has 3 nitrogen and oxygen atoms in total. The molecule has 2 aromatic rings. The number of hydrogen-bond acceptors (Lipinski definition) is 2. The third-order valence-corrected chi connectivity index (χ3v) is 4.84. The van der Waals surface area contributed by atoms with Crippen molar-refractivity contribution in [2.24, 2.45) is 0 Å². The van der Waals surface area contributed by atoms with Crippen LogP contribution in [0, 0.1) is 6.92 Å². The van der Waals surface area contributed by atoms with E-state index in [-0.39, 0.29) is 11.9 Å². The fraction of sp³-hybridized carbons (Fsp3) is 0.500. The van der Waals surface area contributed by atoms with E-state index in [1.807, 2.05) is 24.0 Å². The molecule has 1 aliphatic carbocycles. The molecule has 0 atom stereocenters. The molecule has 0 unspecified atom stereocenters. The number of rotatable bonds is 3. The largest absolute Gasteiger partial charge is 0.451 e. The summed E-state index contributed by atoms with van der Waals surface area (Å²) in [7, 11) is 0. The van der Waals surface area contributed by atoms with Gasteiger partial charge in [0.2, 0.25) is 0 Å². The molecule has 1 heterocycles. The molecule has 1 fully saturated rings. The first-order chi connectivity index (χ1) is 10.5. The van der Waals surface area contributed by atoms with Crippen molar-refractivity contribution in [1.82, 2.24) is 4.90 Å². The summed E-state index contributed by atoms with van der Waals surface area (Å²) < 4.78 is 5.86. The molecule has 0 saturated heterocycles. The van der Waals surface area contributed by atoms with Crippen LogP contribution in [0.15, 0.2) is 22.6 Å². The highest BCUT2D eigenvalue weighted by Crippen LogP contribution is 2.32. The molecular weight excluding hydrogens is 298 g/mol. The highest BCUT2D eigenvalue weighted by molar-refractivity contribution is 6.31. The van der Waals surface area contributed by atoms with Crippen LogP contribution >= 0.6 is 11.6 Å².